The van der Waals surface area contributed by atoms with Gasteiger partial charge in [0, 0.05) is 23.0 Å². The van der Waals surface area contributed by atoms with Gasteiger partial charge in [0.2, 0.25) is 0 Å². The molecule has 0 saturated carbocycles. The summed E-state index contributed by atoms with van der Waals surface area (Å²) in [5, 5.41) is 0. The first kappa shape index (κ1) is 32.5. The zero-order chi connectivity index (χ0) is 37.1. The van der Waals surface area contributed by atoms with E-state index in [2.05, 4.69) is 223 Å². The van der Waals surface area contributed by atoms with Gasteiger partial charge in [0.15, 0.2) is 0 Å². The Balaban J connectivity index is 1.00. The number of benzene rings is 8. The van der Waals surface area contributed by atoms with Crippen molar-refractivity contribution >= 4 is 22.6 Å². The van der Waals surface area contributed by atoms with Gasteiger partial charge in [-0.2, -0.15) is 0 Å². The Morgan fingerprint density at radius 3 is 1.38 bits per heavy atom. The van der Waals surface area contributed by atoms with E-state index in [1.54, 1.807) is 0 Å². The summed E-state index contributed by atoms with van der Waals surface area (Å²) in [6, 6.07) is 73.7. The lowest BCUT2D eigenvalue weighted by atomic mass is 9.65. The van der Waals surface area contributed by atoms with E-state index in [9.17, 15) is 0 Å². The van der Waals surface area contributed by atoms with Crippen LogP contribution in [0.15, 0.2) is 218 Å². The molecule has 0 amide bonds. The summed E-state index contributed by atoms with van der Waals surface area (Å²) >= 11 is 0. The predicted molar refractivity (Wildman–Crippen MR) is 234 cm³/mol. The molecule has 0 fully saturated rings. The van der Waals surface area contributed by atoms with Gasteiger partial charge in [-0.1, -0.05) is 176 Å². The fourth-order valence-electron chi connectivity index (χ4n) is 9.86. The molecule has 0 radical (unpaired) electrons. The molecule has 0 saturated heterocycles. The van der Waals surface area contributed by atoms with Gasteiger partial charge in [-0.25, -0.2) is 0 Å². The third-order valence-corrected chi connectivity index (χ3v) is 12.4. The standard InChI is InChI=1S/C55H39N/c1-3-13-38(14-4-1)40-23-30-44(31-24-40)56(45-32-25-41(26-33-45)39-15-5-2-6-16-39)46-34-27-42(28-35-46)43-29-36-50-49-19-9-12-22-53(49)55(54(50)37-43)51-20-10-7-17-47(51)48-18-8-11-21-52(48)55/h1-20,22-37,52H,21H2. The molecule has 11 rings (SSSR count). The van der Waals surface area contributed by atoms with Crippen molar-refractivity contribution in [3.63, 3.8) is 0 Å². The molecule has 56 heavy (non-hydrogen) atoms. The monoisotopic (exact) mass is 713 g/mol. The topological polar surface area (TPSA) is 3.24 Å². The molecule has 0 aliphatic heterocycles. The normalized spacial score (nSPS) is 17.1. The maximum Gasteiger partial charge on any atom is 0.0541 e. The van der Waals surface area contributed by atoms with E-state index in [-0.39, 0.29) is 5.41 Å². The van der Waals surface area contributed by atoms with Gasteiger partial charge < -0.3 is 4.90 Å². The van der Waals surface area contributed by atoms with E-state index >= 15 is 0 Å². The zero-order valence-electron chi connectivity index (χ0n) is 31.0. The molecule has 1 spiro atoms. The molecule has 0 heterocycles. The largest absolute Gasteiger partial charge is 0.311 e. The SMILES string of the molecule is C1=CCC2C(=C1)c1ccccc1C21c2ccccc2-c2ccc(-c3ccc(N(c4ccc(-c5ccccc5)cc4)c4ccc(-c5ccccc5)cc4)cc3)cc21. The Kier molecular flexibility index (Phi) is 7.60. The number of hydrogen-bond acceptors (Lipinski definition) is 1. The van der Waals surface area contributed by atoms with Crippen LogP contribution < -0.4 is 4.90 Å². The Morgan fingerprint density at radius 1 is 0.375 bits per heavy atom. The number of rotatable bonds is 6. The van der Waals surface area contributed by atoms with Crippen LogP contribution in [-0.4, -0.2) is 0 Å². The first-order valence-electron chi connectivity index (χ1n) is 19.7. The Morgan fingerprint density at radius 2 is 0.804 bits per heavy atom. The third kappa shape index (κ3) is 5.01. The second-order valence-electron chi connectivity index (χ2n) is 15.2. The van der Waals surface area contributed by atoms with Crippen LogP contribution in [0, 0.1) is 5.92 Å². The lowest BCUT2D eigenvalue weighted by Crippen LogP contribution is -2.32. The second-order valence-corrected chi connectivity index (χ2v) is 15.2. The molecule has 8 aromatic rings. The highest BCUT2D eigenvalue weighted by atomic mass is 15.1. The summed E-state index contributed by atoms with van der Waals surface area (Å²) in [7, 11) is 0. The number of nitrogens with zero attached hydrogens (tertiary/aromatic N) is 1. The van der Waals surface area contributed by atoms with Crippen LogP contribution in [0.2, 0.25) is 0 Å². The average molecular weight is 714 g/mol. The van der Waals surface area contributed by atoms with E-state index in [4.69, 9.17) is 0 Å². The number of allylic oxidation sites excluding steroid dienone is 4. The lowest BCUT2D eigenvalue weighted by Gasteiger charge is -2.36. The summed E-state index contributed by atoms with van der Waals surface area (Å²) < 4.78 is 0. The van der Waals surface area contributed by atoms with Crippen LogP contribution in [0.25, 0.3) is 50.1 Å². The van der Waals surface area contributed by atoms with E-state index in [1.165, 1.54) is 72.3 Å². The van der Waals surface area contributed by atoms with Crippen LogP contribution >= 0.6 is 0 Å². The van der Waals surface area contributed by atoms with E-state index in [0.717, 1.165) is 23.5 Å². The second kappa shape index (κ2) is 13.1. The average Bonchev–Trinajstić information content (AvgIpc) is 3.75. The Bertz CT molecular complexity index is 2710. The maximum absolute atomic E-state index is 2.50. The van der Waals surface area contributed by atoms with Crippen LogP contribution in [-0.2, 0) is 5.41 Å². The quantitative estimate of drug-likeness (QED) is 0.166. The van der Waals surface area contributed by atoms with Gasteiger partial charge in [-0.15, -0.1) is 0 Å². The van der Waals surface area contributed by atoms with Crippen molar-refractivity contribution < 1.29 is 0 Å². The molecular formula is C55H39N. The predicted octanol–water partition coefficient (Wildman–Crippen LogP) is 14.4. The van der Waals surface area contributed by atoms with Gasteiger partial charge in [-0.3, -0.25) is 0 Å². The fraction of sp³-hybridized carbons (Fsp3) is 0.0545. The molecule has 8 aromatic carbocycles. The molecule has 3 aliphatic rings. The first-order chi connectivity index (χ1) is 27.8. The minimum Gasteiger partial charge on any atom is -0.311 e. The van der Waals surface area contributed by atoms with Crippen molar-refractivity contribution in [2.45, 2.75) is 11.8 Å². The molecule has 1 heteroatoms. The third-order valence-electron chi connectivity index (χ3n) is 12.4. The summed E-state index contributed by atoms with van der Waals surface area (Å²) in [4.78, 5) is 2.36. The van der Waals surface area contributed by atoms with Crippen molar-refractivity contribution in [1.29, 1.82) is 0 Å². The fourth-order valence-corrected chi connectivity index (χ4v) is 9.86. The highest BCUT2D eigenvalue weighted by Crippen LogP contribution is 2.65. The molecule has 264 valence electrons. The van der Waals surface area contributed by atoms with Crippen molar-refractivity contribution in [3.8, 4) is 44.5 Å². The van der Waals surface area contributed by atoms with Gasteiger partial charge in [0.05, 0.1) is 5.41 Å². The molecule has 2 unspecified atom stereocenters. The van der Waals surface area contributed by atoms with E-state index in [1.807, 2.05) is 0 Å². The maximum atomic E-state index is 2.50. The van der Waals surface area contributed by atoms with Crippen LogP contribution in [0.3, 0.4) is 0 Å². The van der Waals surface area contributed by atoms with Crippen molar-refractivity contribution in [1.82, 2.24) is 0 Å². The lowest BCUT2D eigenvalue weighted by molar-refractivity contribution is 0.495. The van der Waals surface area contributed by atoms with Crippen molar-refractivity contribution in [3.05, 3.63) is 241 Å². The summed E-state index contributed by atoms with van der Waals surface area (Å²) in [6.07, 6.45) is 8.00. The molecule has 3 aliphatic carbocycles. The first-order valence-corrected chi connectivity index (χ1v) is 19.7. The summed E-state index contributed by atoms with van der Waals surface area (Å²) in [6.45, 7) is 0. The van der Waals surface area contributed by atoms with Gasteiger partial charge >= 0.3 is 0 Å². The van der Waals surface area contributed by atoms with Gasteiger partial charge in [0.1, 0.15) is 0 Å². The molecule has 0 bridgehead atoms. The van der Waals surface area contributed by atoms with Crippen LogP contribution in [0.5, 0.6) is 0 Å². The number of hydrogen-bond donors (Lipinski definition) is 0. The van der Waals surface area contributed by atoms with Crippen molar-refractivity contribution in [2.24, 2.45) is 5.92 Å². The van der Waals surface area contributed by atoms with Gasteiger partial charge in [-0.05, 0) is 121 Å². The zero-order valence-corrected chi connectivity index (χ0v) is 31.0. The summed E-state index contributed by atoms with van der Waals surface area (Å²) in [5.41, 5.74) is 20.3. The van der Waals surface area contributed by atoms with Crippen LogP contribution in [0.1, 0.15) is 28.7 Å². The van der Waals surface area contributed by atoms with E-state index in [0.29, 0.717) is 5.92 Å². The molecular weight excluding hydrogens is 675 g/mol. The minimum absolute atomic E-state index is 0.219. The highest BCUT2D eigenvalue weighted by molar-refractivity contribution is 5.94. The molecule has 2 atom stereocenters. The summed E-state index contributed by atoms with van der Waals surface area (Å²) in [5.74, 6) is 0.361. The Labute approximate surface area is 329 Å². The number of fused-ring (bicyclic) bond motifs is 10. The van der Waals surface area contributed by atoms with Crippen molar-refractivity contribution in [2.75, 3.05) is 4.90 Å². The molecule has 0 aromatic heterocycles. The molecule has 1 nitrogen and oxygen atoms in total. The molecule has 0 N–H and O–H groups in total. The number of anilines is 3. The highest BCUT2D eigenvalue weighted by Gasteiger charge is 2.56. The minimum atomic E-state index is -0.219. The Hall–Kier alpha value is -6.96. The van der Waals surface area contributed by atoms with Gasteiger partial charge in [0.25, 0.3) is 0 Å². The van der Waals surface area contributed by atoms with E-state index < -0.39 is 0 Å². The smallest absolute Gasteiger partial charge is 0.0541 e. The van der Waals surface area contributed by atoms with Crippen LogP contribution in [0.4, 0.5) is 17.1 Å².